The van der Waals surface area contributed by atoms with Gasteiger partial charge in [-0.3, -0.25) is 4.79 Å². The predicted molar refractivity (Wildman–Crippen MR) is 87.4 cm³/mol. The molecular formula is C16H27N3OS. The van der Waals surface area contributed by atoms with Crippen molar-refractivity contribution in [2.45, 2.75) is 46.6 Å². The molecule has 1 aliphatic heterocycles. The molecule has 3 atom stereocenters. The number of aryl methyl sites for hydroxylation is 1. The number of aromatic nitrogens is 1. The first-order valence-corrected chi connectivity index (χ1v) is 8.83. The molecule has 5 heteroatoms. The minimum Gasteiger partial charge on any atom is -0.341 e. The molecule has 0 aliphatic carbocycles. The first kappa shape index (κ1) is 16.4. The fourth-order valence-corrected chi connectivity index (χ4v) is 3.85. The third kappa shape index (κ3) is 4.51. The van der Waals surface area contributed by atoms with E-state index in [-0.39, 0.29) is 11.9 Å². The van der Waals surface area contributed by atoms with Crippen molar-refractivity contribution in [2.24, 2.45) is 11.8 Å². The number of rotatable bonds is 5. The second kappa shape index (κ2) is 7.36. The van der Waals surface area contributed by atoms with Crippen LogP contribution in [0.25, 0.3) is 0 Å². The third-order valence-corrected chi connectivity index (χ3v) is 5.11. The van der Waals surface area contributed by atoms with Gasteiger partial charge < -0.3 is 10.2 Å². The zero-order chi connectivity index (χ0) is 15.4. The molecule has 1 aliphatic rings. The lowest BCUT2D eigenvalue weighted by molar-refractivity contribution is -0.133. The van der Waals surface area contributed by atoms with Crippen molar-refractivity contribution in [3.8, 4) is 0 Å². The molecule has 2 heterocycles. The Balaban J connectivity index is 1.83. The van der Waals surface area contributed by atoms with Crippen LogP contribution in [-0.4, -0.2) is 35.4 Å². The molecule has 0 radical (unpaired) electrons. The van der Waals surface area contributed by atoms with Gasteiger partial charge >= 0.3 is 0 Å². The minimum atomic E-state index is 0.130. The standard InChI is InChI=1S/C16H27N3OS/c1-5-15-18-14(10-21-15)13(4)17-7-16(20)19-8-11(2)6-12(3)9-19/h10-13,17H,5-9H2,1-4H3/t11-,12-,13+/m1/s1. The molecule has 118 valence electrons. The summed E-state index contributed by atoms with van der Waals surface area (Å²) in [5, 5.41) is 6.56. The van der Waals surface area contributed by atoms with Crippen molar-refractivity contribution >= 4 is 17.2 Å². The van der Waals surface area contributed by atoms with Gasteiger partial charge in [0.25, 0.3) is 0 Å². The van der Waals surface area contributed by atoms with Crippen LogP contribution in [0.1, 0.15) is 50.9 Å². The Morgan fingerprint density at radius 1 is 1.48 bits per heavy atom. The van der Waals surface area contributed by atoms with Gasteiger partial charge in [0.2, 0.25) is 5.91 Å². The number of thiazole rings is 1. The van der Waals surface area contributed by atoms with Crippen molar-refractivity contribution in [3.05, 3.63) is 16.1 Å². The maximum Gasteiger partial charge on any atom is 0.236 e. The molecule has 0 spiro atoms. The first-order valence-electron chi connectivity index (χ1n) is 7.95. The Morgan fingerprint density at radius 3 is 2.71 bits per heavy atom. The zero-order valence-electron chi connectivity index (χ0n) is 13.6. The predicted octanol–water partition coefficient (Wildman–Crippen LogP) is 2.86. The highest BCUT2D eigenvalue weighted by Gasteiger charge is 2.25. The van der Waals surface area contributed by atoms with E-state index in [1.807, 2.05) is 4.90 Å². The first-order chi connectivity index (χ1) is 9.99. The van der Waals surface area contributed by atoms with E-state index in [1.54, 1.807) is 11.3 Å². The Labute approximate surface area is 132 Å². The van der Waals surface area contributed by atoms with Crippen molar-refractivity contribution in [1.82, 2.24) is 15.2 Å². The number of hydrogen-bond donors (Lipinski definition) is 1. The number of likely N-dealkylation sites (tertiary alicyclic amines) is 1. The van der Waals surface area contributed by atoms with Crippen LogP contribution in [-0.2, 0) is 11.2 Å². The summed E-state index contributed by atoms with van der Waals surface area (Å²) in [5.41, 5.74) is 1.05. The average molecular weight is 309 g/mol. The molecular weight excluding hydrogens is 282 g/mol. The molecule has 1 N–H and O–H groups in total. The van der Waals surface area contributed by atoms with Crippen LogP contribution in [0.15, 0.2) is 5.38 Å². The lowest BCUT2D eigenvalue weighted by atomic mass is 9.92. The summed E-state index contributed by atoms with van der Waals surface area (Å²) in [5.74, 6) is 1.44. The van der Waals surface area contributed by atoms with Crippen LogP contribution in [0.2, 0.25) is 0 Å². The highest BCUT2D eigenvalue weighted by atomic mass is 32.1. The van der Waals surface area contributed by atoms with Crippen LogP contribution in [0, 0.1) is 11.8 Å². The van der Waals surface area contributed by atoms with E-state index in [0.29, 0.717) is 18.4 Å². The molecule has 0 aromatic carbocycles. The SMILES string of the molecule is CCc1nc([C@H](C)NCC(=O)N2C[C@H](C)C[C@@H](C)C2)cs1. The third-order valence-electron chi connectivity index (χ3n) is 4.10. The molecule has 4 nitrogen and oxygen atoms in total. The van der Waals surface area contributed by atoms with Crippen molar-refractivity contribution < 1.29 is 4.79 Å². The Kier molecular flexibility index (Phi) is 5.76. The molecule has 1 saturated heterocycles. The molecule has 1 fully saturated rings. The monoisotopic (exact) mass is 309 g/mol. The largest absolute Gasteiger partial charge is 0.341 e. The second-order valence-electron chi connectivity index (χ2n) is 6.37. The highest BCUT2D eigenvalue weighted by molar-refractivity contribution is 7.09. The van der Waals surface area contributed by atoms with Gasteiger partial charge in [-0.1, -0.05) is 20.8 Å². The highest BCUT2D eigenvalue weighted by Crippen LogP contribution is 2.21. The average Bonchev–Trinajstić information content (AvgIpc) is 2.92. The normalized spacial score (nSPS) is 24.1. The molecule has 2 rings (SSSR count). The molecule has 1 aromatic heterocycles. The Hall–Kier alpha value is -0.940. The van der Waals surface area contributed by atoms with Gasteiger partial charge in [-0.25, -0.2) is 4.98 Å². The van der Waals surface area contributed by atoms with E-state index in [4.69, 9.17) is 0 Å². The second-order valence-corrected chi connectivity index (χ2v) is 7.31. The summed E-state index contributed by atoms with van der Waals surface area (Å²) in [6.45, 7) is 10.8. The number of nitrogens with zero attached hydrogens (tertiary/aromatic N) is 2. The molecule has 1 amide bonds. The summed E-state index contributed by atoms with van der Waals surface area (Å²) in [7, 11) is 0. The summed E-state index contributed by atoms with van der Waals surface area (Å²) in [6, 6.07) is 0.130. The van der Waals surface area contributed by atoms with Crippen LogP contribution in [0.5, 0.6) is 0 Å². The zero-order valence-corrected chi connectivity index (χ0v) is 14.4. The summed E-state index contributed by atoms with van der Waals surface area (Å²) in [4.78, 5) is 18.9. The number of nitrogens with one attached hydrogen (secondary N) is 1. The van der Waals surface area contributed by atoms with Gasteiger partial charge in [0.05, 0.1) is 17.2 Å². The van der Waals surface area contributed by atoms with Gasteiger partial charge in [-0.15, -0.1) is 11.3 Å². The van der Waals surface area contributed by atoms with Gasteiger partial charge in [0, 0.05) is 24.5 Å². The molecule has 0 bridgehead atoms. The van der Waals surface area contributed by atoms with Gasteiger partial charge in [0.1, 0.15) is 0 Å². The lowest BCUT2D eigenvalue weighted by Crippen LogP contribution is -2.46. The smallest absolute Gasteiger partial charge is 0.236 e. The van der Waals surface area contributed by atoms with E-state index in [2.05, 4.69) is 43.4 Å². The quantitative estimate of drug-likeness (QED) is 0.909. The molecule has 21 heavy (non-hydrogen) atoms. The van der Waals surface area contributed by atoms with E-state index in [1.165, 1.54) is 6.42 Å². The topological polar surface area (TPSA) is 45.2 Å². The van der Waals surface area contributed by atoms with Gasteiger partial charge in [-0.05, 0) is 31.6 Å². The molecule has 0 unspecified atom stereocenters. The van der Waals surface area contributed by atoms with Crippen LogP contribution in [0.3, 0.4) is 0 Å². The lowest BCUT2D eigenvalue weighted by Gasteiger charge is -2.35. The number of hydrogen-bond acceptors (Lipinski definition) is 4. The Morgan fingerprint density at radius 2 is 2.14 bits per heavy atom. The maximum absolute atomic E-state index is 12.3. The van der Waals surface area contributed by atoms with Gasteiger partial charge in [0.15, 0.2) is 0 Å². The Bertz CT molecular complexity index is 464. The summed E-state index contributed by atoms with van der Waals surface area (Å²) >= 11 is 1.69. The van der Waals surface area contributed by atoms with E-state index < -0.39 is 0 Å². The summed E-state index contributed by atoms with van der Waals surface area (Å²) < 4.78 is 0. The van der Waals surface area contributed by atoms with Crippen molar-refractivity contribution in [2.75, 3.05) is 19.6 Å². The molecule has 1 aromatic rings. The number of piperidine rings is 1. The van der Waals surface area contributed by atoms with Crippen molar-refractivity contribution in [1.29, 1.82) is 0 Å². The number of carbonyl (C=O) groups excluding carboxylic acids is 1. The molecule has 0 saturated carbocycles. The van der Waals surface area contributed by atoms with Crippen LogP contribution in [0.4, 0.5) is 0 Å². The fourth-order valence-electron chi connectivity index (χ4n) is 3.01. The maximum atomic E-state index is 12.3. The number of carbonyl (C=O) groups is 1. The van der Waals surface area contributed by atoms with Crippen molar-refractivity contribution in [3.63, 3.8) is 0 Å². The van der Waals surface area contributed by atoms with Crippen LogP contribution < -0.4 is 5.32 Å². The van der Waals surface area contributed by atoms with E-state index in [9.17, 15) is 4.79 Å². The van der Waals surface area contributed by atoms with Crippen LogP contribution >= 0.6 is 11.3 Å². The van der Waals surface area contributed by atoms with E-state index in [0.717, 1.165) is 30.2 Å². The fraction of sp³-hybridized carbons (Fsp3) is 0.750. The van der Waals surface area contributed by atoms with Gasteiger partial charge in [-0.2, -0.15) is 0 Å². The van der Waals surface area contributed by atoms with E-state index >= 15 is 0 Å². The number of amides is 1. The minimum absolute atomic E-state index is 0.130. The summed E-state index contributed by atoms with van der Waals surface area (Å²) in [6.07, 6.45) is 2.20.